The second-order valence-corrected chi connectivity index (χ2v) is 8.40. The smallest absolute Gasteiger partial charge is 0.227 e. The molecule has 2 aromatic heterocycles. The van der Waals surface area contributed by atoms with Crippen molar-refractivity contribution in [3.05, 3.63) is 83.0 Å². The van der Waals surface area contributed by atoms with E-state index in [0.29, 0.717) is 32.5 Å². The number of aliphatic hydroxyl groups excluding tert-OH is 1. The maximum Gasteiger partial charge on any atom is 0.227 e. The molecule has 0 amide bonds. The number of alkyl halides is 1. The summed E-state index contributed by atoms with van der Waals surface area (Å²) < 4.78 is 25.3. The van der Waals surface area contributed by atoms with Gasteiger partial charge in [-0.3, -0.25) is 0 Å². The average molecular weight is 459 g/mol. The number of aromatic nitrogens is 2. The van der Waals surface area contributed by atoms with Crippen molar-refractivity contribution in [2.24, 2.45) is 0 Å². The van der Waals surface area contributed by atoms with Gasteiger partial charge >= 0.3 is 0 Å². The van der Waals surface area contributed by atoms with E-state index in [-0.39, 0.29) is 13.0 Å². The van der Waals surface area contributed by atoms with E-state index in [2.05, 4.69) is 9.97 Å². The van der Waals surface area contributed by atoms with Gasteiger partial charge in [0.05, 0.1) is 11.1 Å². The van der Waals surface area contributed by atoms with Crippen LogP contribution in [0.5, 0.6) is 5.75 Å². The van der Waals surface area contributed by atoms with Gasteiger partial charge in [0.15, 0.2) is 5.09 Å². The molecule has 1 aliphatic carbocycles. The van der Waals surface area contributed by atoms with Crippen molar-refractivity contribution in [3.63, 3.8) is 0 Å². The predicted molar refractivity (Wildman–Crippen MR) is 118 cm³/mol. The number of hydrogen-bond donors (Lipinski definition) is 1. The molecule has 0 spiro atoms. The van der Waals surface area contributed by atoms with E-state index < -0.39 is 12.3 Å². The Kier molecular flexibility index (Phi) is 6.75. The highest BCUT2D eigenvalue weighted by atomic mass is 35.5. The number of hydrogen-bond acceptors (Lipinski definition) is 6. The summed E-state index contributed by atoms with van der Waals surface area (Å²) in [7, 11) is 0. The lowest BCUT2D eigenvalue weighted by molar-refractivity contribution is 0.199. The molecule has 0 radical (unpaired) electrons. The molecule has 0 saturated heterocycles. The molecule has 4 rings (SSSR count). The van der Waals surface area contributed by atoms with Gasteiger partial charge in [-0.15, -0.1) is 0 Å². The largest absolute Gasteiger partial charge is 0.487 e. The third-order valence-electron chi connectivity index (χ3n) is 4.59. The van der Waals surface area contributed by atoms with Crippen molar-refractivity contribution in [1.82, 2.24) is 9.97 Å². The molecule has 160 valence electrons. The lowest BCUT2D eigenvalue weighted by atomic mass is 10.1. The van der Waals surface area contributed by atoms with Crippen LogP contribution in [-0.4, -0.2) is 21.2 Å². The molecule has 8 heteroatoms. The van der Waals surface area contributed by atoms with Gasteiger partial charge in [0.1, 0.15) is 29.2 Å². The summed E-state index contributed by atoms with van der Waals surface area (Å²) in [4.78, 5) is 8.88. The summed E-state index contributed by atoms with van der Waals surface area (Å²) in [6, 6.07) is 10.8. The Morgan fingerprint density at radius 3 is 2.74 bits per heavy atom. The molecule has 31 heavy (non-hydrogen) atoms. The first kappa shape index (κ1) is 21.6. The molecule has 3 aromatic rings. The van der Waals surface area contributed by atoms with Crippen LogP contribution in [0.25, 0.3) is 5.57 Å². The highest BCUT2D eigenvalue weighted by molar-refractivity contribution is 7.99. The maximum atomic E-state index is 13.4. The van der Waals surface area contributed by atoms with Crippen molar-refractivity contribution in [3.8, 4) is 5.75 Å². The van der Waals surface area contributed by atoms with E-state index in [1.165, 1.54) is 17.8 Å². The van der Waals surface area contributed by atoms with Crippen LogP contribution in [0.15, 0.2) is 75.4 Å². The minimum Gasteiger partial charge on any atom is -0.487 e. The van der Waals surface area contributed by atoms with Gasteiger partial charge in [0.25, 0.3) is 0 Å². The average Bonchev–Trinajstić information content (AvgIpc) is 3.17. The highest BCUT2D eigenvalue weighted by Crippen LogP contribution is 2.34. The first-order chi connectivity index (χ1) is 15.0. The summed E-state index contributed by atoms with van der Waals surface area (Å²) in [6.07, 6.45) is 5.26. The van der Waals surface area contributed by atoms with Crippen LogP contribution >= 0.6 is 23.4 Å². The molecular formula is C23H20ClFN2O3S. The van der Waals surface area contributed by atoms with E-state index in [4.69, 9.17) is 20.8 Å². The SMILES string of the molecule is CC(O)c1ccc(OCc2nc(C3=CCC(F)C=C3)oc2Sc2ccc(Cl)cn2)cc1. The third-order valence-corrected chi connectivity index (χ3v) is 5.77. The van der Waals surface area contributed by atoms with E-state index >= 15 is 0 Å². The summed E-state index contributed by atoms with van der Waals surface area (Å²) in [6.45, 7) is 1.89. The molecule has 5 nitrogen and oxygen atoms in total. The van der Waals surface area contributed by atoms with Crippen molar-refractivity contribution in [2.45, 2.75) is 42.3 Å². The summed E-state index contributed by atoms with van der Waals surface area (Å²) >= 11 is 7.24. The fraction of sp³-hybridized carbons (Fsp3) is 0.217. The van der Waals surface area contributed by atoms with Gasteiger partial charge in [0, 0.05) is 18.2 Å². The Hall–Kier alpha value is -2.61. The fourth-order valence-electron chi connectivity index (χ4n) is 2.90. The van der Waals surface area contributed by atoms with Gasteiger partial charge in [0.2, 0.25) is 5.89 Å². The first-order valence-electron chi connectivity index (χ1n) is 9.70. The minimum absolute atomic E-state index is 0.177. The fourth-order valence-corrected chi connectivity index (χ4v) is 3.78. The number of nitrogens with zero attached hydrogens (tertiary/aromatic N) is 2. The maximum absolute atomic E-state index is 13.4. The zero-order valence-corrected chi connectivity index (χ0v) is 18.2. The monoisotopic (exact) mass is 458 g/mol. The third kappa shape index (κ3) is 5.55. The lowest BCUT2D eigenvalue weighted by Gasteiger charge is -2.08. The van der Waals surface area contributed by atoms with E-state index in [0.717, 1.165) is 11.1 Å². The van der Waals surface area contributed by atoms with Crippen LogP contribution in [0.2, 0.25) is 5.02 Å². The summed E-state index contributed by atoms with van der Waals surface area (Å²) in [5, 5.41) is 11.4. The van der Waals surface area contributed by atoms with Gasteiger partial charge in [-0.2, -0.15) is 0 Å². The minimum atomic E-state index is -0.988. The van der Waals surface area contributed by atoms with E-state index in [1.54, 1.807) is 49.5 Å². The zero-order valence-electron chi connectivity index (χ0n) is 16.7. The lowest BCUT2D eigenvalue weighted by Crippen LogP contribution is -2.00. The van der Waals surface area contributed by atoms with Crippen LogP contribution < -0.4 is 4.74 Å². The van der Waals surface area contributed by atoms with Crippen molar-refractivity contribution in [1.29, 1.82) is 0 Å². The topological polar surface area (TPSA) is 68.4 Å². The molecule has 0 bridgehead atoms. The zero-order chi connectivity index (χ0) is 21.8. The van der Waals surface area contributed by atoms with E-state index in [1.807, 2.05) is 12.1 Å². The summed E-state index contributed by atoms with van der Waals surface area (Å²) in [5.74, 6) is 1.05. The van der Waals surface area contributed by atoms with Gasteiger partial charge < -0.3 is 14.3 Å². The number of pyridine rings is 1. The molecular weight excluding hydrogens is 439 g/mol. The Morgan fingerprint density at radius 1 is 1.29 bits per heavy atom. The van der Waals surface area contributed by atoms with Gasteiger partial charge in [-0.25, -0.2) is 14.4 Å². The molecule has 2 heterocycles. The van der Waals surface area contributed by atoms with Crippen molar-refractivity contribution < 1.29 is 18.7 Å². The molecule has 1 aromatic carbocycles. The second-order valence-electron chi connectivity index (χ2n) is 6.97. The Bertz CT molecular complexity index is 1100. The van der Waals surface area contributed by atoms with E-state index in [9.17, 15) is 9.50 Å². The Balaban J connectivity index is 1.56. The van der Waals surface area contributed by atoms with Crippen LogP contribution in [0, 0.1) is 0 Å². The number of benzene rings is 1. The number of halogens is 2. The number of aliphatic hydroxyl groups is 1. The molecule has 1 aliphatic rings. The van der Waals surface area contributed by atoms with Crippen LogP contribution in [0.3, 0.4) is 0 Å². The molecule has 0 aliphatic heterocycles. The first-order valence-corrected chi connectivity index (χ1v) is 10.9. The second kappa shape index (κ2) is 9.68. The van der Waals surface area contributed by atoms with Crippen molar-refractivity contribution >= 4 is 28.9 Å². The number of allylic oxidation sites excluding steroid dienone is 4. The number of oxazole rings is 1. The molecule has 1 N–H and O–H groups in total. The normalized spacial score (nSPS) is 16.8. The van der Waals surface area contributed by atoms with Crippen molar-refractivity contribution in [2.75, 3.05) is 0 Å². The van der Waals surface area contributed by atoms with Gasteiger partial charge in [-0.1, -0.05) is 35.9 Å². The van der Waals surface area contributed by atoms with Crippen LogP contribution in [0.1, 0.15) is 36.6 Å². The molecule has 0 saturated carbocycles. The molecule has 2 unspecified atom stereocenters. The van der Waals surface area contributed by atoms with Crippen LogP contribution in [-0.2, 0) is 6.61 Å². The van der Waals surface area contributed by atoms with Gasteiger partial charge in [-0.05, 0) is 54.6 Å². The number of ether oxygens (including phenoxy) is 1. The molecule has 0 fully saturated rings. The molecule has 2 atom stereocenters. The predicted octanol–water partition coefficient (Wildman–Crippen LogP) is 6.19. The quantitative estimate of drug-likeness (QED) is 0.455. The Labute approximate surface area is 188 Å². The highest BCUT2D eigenvalue weighted by Gasteiger charge is 2.19. The summed E-state index contributed by atoms with van der Waals surface area (Å²) in [5.41, 5.74) is 2.14. The standard InChI is InChI=1S/C23H20ClFN2O3S/c1-14(28)15-4-9-19(10-5-15)29-13-20-23(31-21-11-6-17(24)12-26-21)30-22(27-20)16-2-7-18(25)8-3-16/h2-7,9-12,14,18,28H,8,13H2,1H3. The van der Waals surface area contributed by atoms with Crippen LogP contribution in [0.4, 0.5) is 4.39 Å². The number of rotatable bonds is 7. The Morgan fingerprint density at radius 2 is 2.10 bits per heavy atom.